The highest BCUT2D eigenvalue weighted by atomic mass is 32.2. The maximum absolute atomic E-state index is 13.6. The molecule has 0 saturated carbocycles. The van der Waals surface area contributed by atoms with Crippen molar-refractivity contribution in [1.29, 1.82) is 0 Å². The van der Waals surface area contributed by atoms with Crippen molar-refractivity contribution in [2.75, 3.05) is 42.3 Å². The Morgan fingerprint density at radius 3 is 2.70 bits per heavy atom. The van der Waals surface area contributed by atoms with Crippen LogP contribution >= 0.6 is 0 Å². The molecular weight excluding hydrogens is 403 g/mol. The van der Waals surface area contributed by atoms with Crippen molar-refractivity contribution in [1.82, 2.24) is 9.97 Å². The molecule has 1 aromatic carbocycles. The van der Waals surface area contributed by atoms with E-state index < -0.39 is 10.8 Å². The number of hydrogen-bond donors (Lipinski definition) is 1. The molecule has 1 N–H and O–H groups in total. The number of aromatic nitrogens is 2. The molecule has 30 heavy (non-hydrogen) atoms. The number of benzene rings is 1. The summed E-state index contributed by atoms with van der Waals surface area (Å²) in [5, 5.41) is 3.54. The van der Waals surface area contributed by atoms with Gasteiger partial charge in [-0.3, -0.25) is 4.21 Å². The van der Waals surface area contributed by atoms with Gasteiger partial charge in [0.15, 0.2) is 0 Å². The highest BCUT2D eigenvalue weighted by Crippen LogP contribution is 2.34. The minimum atomic E-state index is -1.03. The van der Waals surface area contributed by atoms with Crippen LogP contribution < -0.4 is 10.2 Å². The van der Waals surface area contributed by atoms with E-state index in [0.717, 1.165) is 86.3 Å². The average molecular weight is 431 g/mol. The number of nitrogens with zero attached hydrogens (tertiary/aromatic N) is 3. The normalized spacial score (nSPS) is 22.8. The molecular formula is C22H27FN4O2S. The van der Waals surface area contributed by atoms with E-state index in [1.165, 1.54) is 6.07 Å². The van der Waals surface area contributed by atoms with Crippen LogP contribution in [-0.4, -0.2) is 52.3 Å². The minimum absolute atomic E-state index is 0.172. The van der Waals surface area contributed by atoms with Gasteiger partial charge in [0.1, 0.15) is 16.5 Å². The Hall–Kier alpha value is -2.06. The average Bonchev–Trinajstić information content (AvgIpc) is 3.16. The molecule has 3 aliphatic heterocycles. The Morgan fingerprint density at radius 1 is 1.13 bits per heavy atom. The Bertz CT molecular complexity index is 943. The second kappa shape index (κ2) is 8.59. The molecule has 2 saturated heterocycles. The molecule has 0 radical (unpaired) electrons. The molecule has 8 heteroatoms. The van der Waals surface area contributed by atoms with Crippen LogP contribution in [0.3, 0.4) is 0 Å². The van der Waals surface area contributed by atoms with Crippen LogP contribution in [0.5, 0.6) is 0 Å². The van der Waals surface area contributed by atoms with Crippen molar-refractivity contribution >= 4 is 22.6 Å². The first-order chi connectivity index (χ1) is 14.7. The SMILES string of the molecule is O=S1CCc2nc(N3CCC(c4cccc(F)c4)CC3)nc(NC3CCOCC3)c21. The maximum Gasteiger partial charge on any atom is 0.227 e. The first-order valence-corrected chi connectivity index (χ1v) is 12.1. The third kappa shape index (κ3) is 4.07. The van der Waals surface area contributed by atoms with Crippen LogP contribution in [0.4, 0.5) is 16.2 Å². The third-order valence-electron chi connectivity index (χ3n) is 6.34. The molecule has 1 unspecified atom stereocenters. The highest BCUT2D eigenvalue weighted by molar-refractivity contribution is 7.85. The molecule has 1 aromatic heterocycles. The summed E-state index contributed by atoms with van der Waals surface area (Å²) in [6, 6.07) is 7.24. The van der Waals surface area contributed by atoms with E-state index in [1.807, 2.05) is 6.07 Å². The molecule has 5 rings (SSSR count). The number of fused-ring (bicyclic) bond motifs is 1. The van der Waals surface area contributed by atoms with E-state index >= 15 is 0 Å². The van der Waals surface area contributed by atoms with Crippen LogP contribution in [0.25, 0.3) is 0 Å². The number of rotatable bonds is 4. The topological polar surface area (TPSA) is 67.4 Å². The number of anilines is 2. The molecule has 6 nitrogen and oxygen atoms in total. The van der Waals surface area contributed by atoms with E-state index in [9.17, 15) is 8.60 Å². The molecule has 0 aliphatic carbocycles. The Labute approximate surface area is 178 Å². The number of ether oxygens (including phenoxy) is 1. The summed E-state index contributed by atoms with van der Waals surface area (Å²) in [5.74, 6) is 2.27. The first-order valence-electron chi connectivity index (χ1n) is 10.8. The zero-order chi connectivity index (χ0) is 20.5. The highest BCUT2D eigenvalue weighted by Gasteiger charge is 2.30. The van der Waals surface area contributed by atoms with Crippen LogP contribution in [0, 0.1) is 5.82 Å². The van der Waals surface area contributed by atoms with Crippen molar-refractivity contribution in [3.05, 3.63) is 41.3 Å². The van der Waals surface area contributed by atoms with Crippen LogP contribution in [0.2, 0.25) is 0 Å². The fourth-order valence-electron chi connectivity index (χ4n) is 4.63. The van der Waals surface area contributed by atoms with Crippen molar-refractivity contribution in [2.45, 2.75) is 49.0 Å². The van der Waals surface area contributed by atoms with Crippen molar-refractivity contribution in [3.63, 3.8) is 0 Å². The number of piperidine rings is 1. The van der Waals surface area contributed by atoms with Gasteiger partial charge in [-0.1, -0.05) is 12.1 Å². The van der Waals surface area contributed by atoms with Gasteiger partial charge >= 0.3 is 0 Å². The van der Waals surface area contributed by atoms with Crippen LogP contribution in [0.15, 0.2) is 29.2 Å². The second-order valence-electron chi connectivity index (χ2n) is 8.29. The minimum Gasteiger partial charge on any atom is -0.381 e. The van der Waals surface area contributed by atoms with Crippen LogP contribution in [0.1, 0.15) is 42.9 Å². The molecule has 4 heterocycles. The lowest BCUT2D eigenvalue weighted by molar-refractivity contribution is 0.0903. The monoisotopic (exact) mass is 430 g/mol. The van der Waals surface area contributed by atoms with Crippen LogP contribution in [-0.2, 0) is 22.0 Å². The summed E-state index contributed by atoms with van der Waals surface area (Å²) < 4.78 is 31.6. The van der Waals surface area contributed by atoms with Gasteiger partial charge in [-0.15, -0.1) is 0 Å². The van der Waals surface area contributed by atoms with Gasteiger partial charge in [-0.25, -0.2) is 9.37 Å². The van der Waals surface area contributed by atoms with Crippen molar-refractivity contribution in [3.8, 4) is 0 Å². The standard InChI is InChI=1S/C22H27FN4O2S/c23-17-3-1-2-16(14-17)15-4-9-27(10-5-15)22-25-19-8-13-30(28)20(19)21(26-22)24-18-6-11-29-12-7-18/h1-3,14-15,18H,4-13H2,(H,24,25,26). The number of nitrogens with one attached hydrogen (secondary N) is 1. The maximum atomic E-state index is 13.6. The Morgan fingerprint density at radius 2 is 1.93 bits per heavy atom. The zero-order valence-corrected chi connectivity index (χ0v) is 17.8. The van der Waals surface area contributed by atoms with Gasteiger partial charge in [0.05, 0.1) is 16.5 Å². The summed E-state index contributed by atoms with van der Waals surface area (Å²) in [5.41, 5.74) is 1.99. The van der Waals surface area contributed by atoms with Crippen molar-refractivity contribution < 1.29 is 13.3 Å². The molecule has 2 fully saturated rings. The summed E-state index contributed by atoms with van der Waals surface area (Å²) in [7, 11) is -1.03. The summed E-state index contributed by atoms with van der Waals surface area (Å²) in [4.78, 5) is 12.6. The molecule has 1 atom stereocenters. The predicted molar refractivity (Wildman–Crippen MR) is 115 cm³/mol. The zero-order valence-electron chi connectivity index (χ0n) is 17.0. The molecule has 0 bridgehead atoms. The van der Waals surface area contributed by atoms with E-state index in [2.05, 4.69) is 10.2 Å². The third-order valence-corrected chi connectivity index (χ3v) is 7.80. The van der Waals surface area contributed by atoms with E-state index in [4.69, 9.17) is 14.7 Å². The van der Waals surface area contributed by atoms with Gasteiger partial charge in [0.2, 0.25) is 5.95 Å². The fourth-order valence-corrected chi connectivity index (χ4v) is 5.95. The van der Waals surface area contributed by atoms with Gasteiger partial charge < -0.3 is 15.0 Å². The molecule has 0 spiro atoms. The number of halogens is 1. The lowest BCUT2D eigenvalue weighted by Crippen LogP contribution is -2.35. The van der Waals surface area contributed by atoms with E-state index in [-0.39, 0.29) is 5.82 Å². The van der Waals surface area contributed by atoms with Gasteiger partial charge in [-0.2, -0.15) is 4.98 Å². The fraction of sp³-hybridized carbons (Fsp3) is 0.545. The lowest BCUT2D eigenvalue weighted by Gasteiger charge is -2.33. The summed E-state index contributed by atoms with van der Waals surface area (Å²) in [6.07, 6.45) is 4.48. The number of aryl methyl sites for hydroxylation is 1. The largest absolute Gasteiger partial charge is 0.381 e. The first kappa shape index (κ1) is 19.9. The molecule has 0 amide bonds. The Kier molecular flexibility index (Phi) is 5.69. The Balaban J connectivity index is 1.34. The van der Waals surface area contributed by atoms with E-state index in [0.29, 0.717) is 17.7 Å². The lowest BCUT2D eigenvalue weighted by atomic mass is 9.89. The quantitative estimate of drug-likeness (QED) is 0.803. The second-order valence-corrected chi connectivity index (χ2v) is 9.80. The summed E-state index contributed by atoms with van der Waals surface area (Å²) in [6.45, 7) is 3.16. The number of hydrogen-bond acceptors (Lipinski definition) is 6. The summed E-state index contributed by atoms with van der Waals surface area (Å²) >= 11 is 0. The van der Waals surface area contributed by atoms with E-state index in [1.54, 1.807) is 12.1 Å². The van der Waals surface area contributed by atoms with Crippen molar-refractivity contribution in [2.24, 2.45) is 0 Å². The molecule has 3 aliphatic rings. The van der Waals surface area contributed by atoms with Gasteiger partial charge in [0.25, 0.3) is 0 Å². The molecule has 160 valence electrons. The predicted octanol–water partition coefficient (Wildman–Crippen LogP) is 3.25. The van der Waals surface area contributed by atoms with Gasteiger partial charge in [-0.05, 0) is 49.3 Å². The van der Waals surface area contributed by atoms with Gasteiger partial charge in [0, 0.05) is 44.5 Å². The smallest absolute Gasteiger partial charge is 0.227 e. The molecule has 2 aromatic rings.